The van der Waals surface area contributed by atoms with Gasteiger partial charge in [0.25, 0.3) is 0 Å². The summed E-state index contributed by atoms with van der Waals surface area (Å²) in [4.78, 5) is 10.8. The van der Waals surface area contributed by atoms with Crippen LogP contribution < -0.4 is 10.5 Å². The monoisotopic (exact) mass is 195 g/mol. The number of carboxylic acids is 1. The van der Waals surface area contributed by atoms with E-state index in [0.717, 1.165) is 5.56 Å². The van der Waals surface area contributed by atoms with E-state index in [2.05, 4.69) is 0 Å². The molecule has 76 valence electrons. The molecule has 4 nitrogen and oxygen atoms in total. The first kappa shape index (κ1) is 10.5. The summed E-state index contributed by atoms with van der Waals surface area (Å²) in [6.07, 6.45) is 0. The van der Waals surface area contributed by atoms with Gasteiger partial charge in [-0.1, -0.05) is 6.07 Å². The number of carboxylic acid groups (broad SMARTS) is 1. The van der Waals surface area contributed by atoms with Gasteiger partial charge in [0.1, 0.15) is 17.9 Å². The summed E-state index contributed by atoms with van der Waals surface area (Å²) in [5, 5.41) is 8.84. The Morgan fingerprint density at radius 3 is 2.86 bits per heavy atom. The molecule has 0 aliphatic rings. The minimum absolute atomic E-state index is 0.170. The predicted molar refractivity (Wildman–Crippen MR) is 52.7 cm³/mol. The van der Waals surface area contributed by atoms with E-state index in [1.807, 2.05) is 6.92 Å². The van der Waals surface area contributed by atoms with E-state index >= 15 is 0 Å². The fourth-order valence-electron chi connectivity index (χ4n) is 1.09. The lowest BCUT2D eigenvalue weighted by atomic mass is 10.1. The Labute approximate surface area is 82.3 Å². The van der Waals surface area contributed by atoms with Crippen molar-refractivity contribution < 1.29 is 14.6 Å². The van der Waals surface area contributed by atoms with Gasteiger partial charge in [-0.05, 0) is 24.6 Å². The first-order chi connectivity index (χ1) is 6.65. The zero-order chi connectivity index (χ0) is 10.6. The van der Waals surface area contributed by atoms with Gasteiger partial charge in [0, 0.05) is 6.54 Å². The van der Waals surface area contributed by atoms with Crippen LogP contribution in [0, 0.1) is 6.92 Å². The molecule has 0 unspecified atom stereocenters. The van der Waals surface area contributed by atoms with E-state index in [-0.39, 0.29) is 5.56 Å². The number of nitrogens with two attached hydrogens (primary N) is 1. The molecule has 0 spiro atoms. The Bertz CT molecular complexity index is 336. The largest absolute Gasteiger partial charge is 0.491 e. The molecular weight excluding hydrogens is 182 g/mol. The third kappa shape index (κ3) is 2.47. The van der Waals surface area contributed by atoms with E-state index in [4.69, 9.17) is 15.6 Å². The normalized spacial score (nSPS) is 9.86. The first-order valence-corrected chi connectivity index (χ1v) is 4.32. The molecule has 4 heteroatoms. The molecule has 14 heavy (non-hydrogen) atoms. The summed E-state index contributed by atoms with van der Waals surface area (Å²) in [5.74, 6) is -0.611. The van der Waals surface area contributed by atoms with E-state index < -0.39 is 5.97 Å². The third-order valence-corrected chi connectivity index (χ3v) is 1.74. The fraction of sp³-hybridized carbons (Fsp3) is 0.300. The number of hydrogen-bond acceptors (Lipinski definition) is 3. The average Bonchev–Trinajstić information content (AvgIpc) is 2.14. The van der Waals surface area contributed by atoms with Crippen LogP contribution in [-0.4, -0.2) is 24.2 Å². The molecule has 0 heterocycles. The van der Waals surface area contributed by atoms with Gasteiger partial charge in [-0.15, -0.1) is 0 Å². The second-order valence-electron chi connectivity index (χ2n) is 2.94. The van der Waals surface area contributed by atoms with Crippen LogP contribution in [0.4, 0.5) is 0 Å². The molecule has 0 atom stereocenters. The van der Waals surface area contributed by atoms with Gasteiger partial charge in [-0.2, -0.15) is 0 Å². The van der Waals surface area contributed by atoms with E-state index in [1.54, 1.807) is 12.1 Å². The number of carbonyl (C=O) groups is 1. The lowest BCUT2D eigenvalue weighted by molar-refractivity contribution is 0.0692. The molecule has 0 fully saturated rings. The first-order valence-electron chi connectivity index (χ1n) is 4.32. The smallest absolute Gasteiger partial charge is 0.339 e. The fourth-order valence-corrected chi connectivity index (χ4v) is 1.09. The molecule has 1 aromatic rings. The minimum atomic E-state index is -0.989. The minimum Gasteiger partial charge on any atom is -0.491 e. The summed E-state index contributed by atoms with van der Waals surface area (Å²) in [6.45, 7) is 2.57. The van der Waals surface area contributed by atoms with Crippen molar-refractivity contribution in [2.45, 2.75) is 6.92 Å². The molecule has 0 bridgehead atoms. The lowest BCUT2D eigenvalue weighted by Gasteiger charge is -2.08. The van der Waals surface area contributed by atoms with Crippen molar-refractivity contribution in [1.82, 2.24) is 0 Å². The van der Waals surface area contributed by atoms with Gasteiger partial charge < -0.3 is 15.6 Å². The lowest BCUT2D eigenvalue weighted by Crippen LogP contribution is -2.12. The van der Waals surface area contributed by atoms with Crippen LogP contribution in [0.15, 0.2) is 18.2 Å². The summed E-state index contributed by atoms with van der Waals surface area (Å²) in [5.41, 5.74) is 6.40. The zero-order valence-electron chi connectivity index (χ0n) is 7.99. The number of benzene rings is 1. The van der Waals surface area contributed by atoms with Crippen molar-refractivity contribution in [2.75, 3.05) is 13.2 Å². The van der Waals surface area contributed by atoms with Gasteiger partial charge in [0.2, 0.25) is 0 Å². The highest BCUT2D eigenvalue weighted by atomic mass is 16.5. The van der Waals surface area contributed by atoms with Crippen LogP contribution in [-0.2, 0) is 0 Å². The molecule has 0 aromatic heterocycles. The molecule has 0 radical (unpaired) electrons. The van der Waals surface area contributed by atoms with Crippen molar-refractivity contribution in [3.05, 3.63) is 29.3 Å². The van der Waals surface area contributed by atoms with Crippen molar-refractivity contribution in [2.24, 2.45) is 5.73 Å². The molecular formula is C10H13NO3. The average molecular weight is 195 g/mol. The van der Waals surface area contributed by atoms with E-state index in [0.29, 0.717) is 18.9 Å². The van der Waals surface area contributed by atoms with Crippen LogP contribution in [0.2, 0.25) is 0 Å². The number of aryl methyl sites for hydroxylation is 1. The summed E-state index contributed by atoms with van der Waals surface area (Å²) < 4.78 is 5.22. The topological polar surface area (TPSA) is 72.5 Å². The van der Waals surface area contributed by atoms with Crippen LogP contribution in [0.3, 0.4) is 0 Å². The van der Waals surface area contributed by atoms with E-state index in [9.17, 15) is 4.79 Å². The third-order valence-electron chi connectivity index (χ3n) is 1.74. The Kier molecular flexibility index (Phi) is 3.48. The van der Waals surface area contributed by atoms with E-state index in [1.165, 1.54) is 6.07 Å². The molecule has 0 amide bonds. The zero-order valence-corrected chi connectivity index (χ0v) is 7.99. The Balaban J connectivity index is 2.97. The number of ether oxygens (including phenoxy) is 1. The number of hydrogen-bond donors (Lipinski definition) is 2. The number of aromatic carboxylic acids is 1. The van der Waals surface area contributed by atoms with Gasteiger partial charge in [-0.25, -0.2) is 4.79 Å². The van der Waals surface area contributed by atoms with Gasteiger partial charge in [0.05, 0.1) is 0 Å². The standard InChI is InChI=1S/C10H13NO3/c1-7-2-3-8(10(12)13)9(6-7)14-5-4-11/h2-3,6H,4-5,11H2,1H3,(H,12,13). The molecule has 0 saturated heterocycles. The molecule has 1 rings (SSSR count). The van der Waals surface area contributed by atoms with Crippen molar-refractivity contribution in [1.29, 1.82) is 0 Å². The second kappa shape index (κ2) is 4.62. The molecule has 1 aromatic carbocycles. The van der Waals surface area contributed by atoms with Gasteiger partial charge >= 0.3 is 5.97 Å². The summed E-state index contributed by atoms with van der Waals surface area (Å²) in [6, 6.07) is 4.96. The Morgan fingerprint density at radius 2 is 2.29 bits per heavy atom. The Morgan fingerprint density at radius 1 is 1.57 bits per heavy atom. The molecule has 3 N–H and O–H groups in total. The Hall–Kier alpha value is -1.55. The highest BCUT2D eigenvalue weighted by Crippen LogP contribution is 2.19. The van der Waals surface area contributed by atoms with Crippen molar-refractivity contribution >= 4 is 5.97 Å². The predicted octanol–water partition coefficient (Wildman–Crippen LogP) is 1.03. The molecule has 0 aliphatic carbocycles. The highest BCUT2D eigenvalue weighted by Gasteiger charge is 2.10. The van der Waals surface area contributed by atoms with Gasteiger partial charge in [0.15, 0.2) is 0 Å². The molecule has 0 aliphatic heterocycles. The van der Waals surface area contributed by atoms with Crippen molar-refractivity contribution in [3.63, 3.8) is 0 Å². The van der Waals surface area contributed by atoms with Crippen LogP contribution in [0.5, 0.6) is 5.75 Å². The maximum atomic E-state index is 10.8. The van der Waals surface area contributed by atoms with Gasteiger partial charge in [-0.3, -0.25) is 0 Å². The molecule has 0 saturated carbocycles. The van der Waals surface area contributed by atoms with Crippen LogP contribution in [0.25, 0.3) is 0 Å². The maximum Gasteiger partial charge on any atom is 0.339 e. The summed E-state index contributed by atoms with van der Waals surface area (Å²) >= 11 is 0. The van der Waals surface area contributed by atoms with Crippen LogP contribution in [0.1, 0.15) is 15.9 Å². The maximum absolute atomic E-state index is 10.8. The quantitative estimate of drug-likeness (QED) is 0.752. The highest BCUT2D eigenvalue weighted by molar-refractivity contribution is 5.90. The summed E-state index contributed by atoms with van der Waals surface area (Å²) in [7, 11) is 0. The van der Waals surface area contributed by atoms with Crippen molar-refractivity contribution in [3.8, 4) is 5.75 Å². The van der Waals surface area contributed by atoms with Crippen LogP contribution >= 0.6 is 0 Å². The SMILES string of the molecule is Cc1ccc(C(=O)O)c(OCCN)c1. The second-order valence-corrected chi connectivity index (χ2v) is 2.94. The number of rotatable bonds is 4.